The number of anilines is 2. The van der Waals surface area contributed by atoms with Gasteiger partial charge in [-0.15, -0.1) is 0 Å². The van der Waals surface area contributed by atoms with Crippen molar-refractivity contribution in [1.29, 1.82) is 0 Å². The van der Waals surface area contributed by atoms with E-state index in [0.717, 1.165) is 24.3 Å². The number of nitrogens with zero attached hydrogens (tertiary/aromatic N) is 1. The number of carbonyl (C=O) groups is 1. The SMILES string of the molecule is CC(Nc1ccc(NC(=O)C2CCOCC2)cn1)c1ccccc1. The van der Waals surface area contributed by atoms with Gasteiger partial charge in [0.2, 0.25) is 5.91 Å². The molecule has 1 aliphatic heterocycles. The maximum absolute atomic E-state index is 12.2. The van der Waals surface area contributed by atoms with Crippen molar-refractivity contribution < 1.29 is 9.53 Å². The van der Waals surface area contributed by atoms with Gasteiger partial charge in [0.25, 0.3) is 0 Å². The highest BCUT2D eigenvalue weighted by atomic mass is 16.5. The predicted molar refractivity (Wildman–Crippen MR) is 94.9 cm³/mol. The second kappa shape index (κ2) is 7.93. The van der Waals surface area contributed by atoms with Crippen molar-refractivity contribution in [3.63, 3.8) is 0 Å². The first-order chi connectivity index (χ1) is 11.7. The standard InChI is InChI=1S/C19H23N3O2/c1-14(15-5-3-2-4-6-15)21-18-8-7-17(13-20-18)22-19(23)16-9-11-24-12-10-16/h2-8,13-14,16H,9-12H2,1H3,(H,20,21)(H,22,23). The van der Waals surface area contributed by atoms with E-state index in [1.54, 1.807) is 6.20 Å². The molecule has 0 aliphatic carbocycles. The molecule has 1 amide bonds. The normalized spacial score (nSPS) is 16.4. The molecule has 3 rings (SSSR count). The Hall–Kier alpha value is -2.40. The van der Waals surface area contributed by atoms with Crippen molar-refractivity contribution in [3.8, 4) is 0 Å². The molecule has 5 nitrogen and oxygen atoms in total. The molecule has 0 saturated carbocycles. The first kappa shape index (κ1) is 16.5. The quantitative estimate of drug-likeness (QED) is 0.881. The molecular weight excluding hydrogens is 302 g/mol. The van der Waals surface area contributed by atoms with Gasteiger partial charge < -0.3 is 15.4 Å². The molecule has 2 aromatic rings. The molecule has 1 fully saturated rings. The fourth-order valence-corrected chi connectivity index (χ4v) is 2.80. The van der Waals surface area contributed by atoms with Crippen molar-refractivity contribution in [2.24, 2.45) is 5.92 Å². The van der Waals surface area contributed by atoms with Crippen molar-refractivity contribution in [3.05, 3.63) is 54.2 Å². The topological polar surface area (TPSA) is 63.2 Å². The van der Waals surface area contributed by atoms with Gasteiger partial charge in [-0.05, 0) is 37.5 Å². The lowest BCUT2D eigenvalue weighted by atomic mass is 9.99. The molecule has 126 valence electrons. The van der Waals surface area contributed by atoms with E-state index in [2.05, 4.69) is 34.7 Å². The average molecular weight is 325 g/mol. The van der Waals surface area contributed by atoms with Crippen molar-refractivity contribution >= 4 is 17.4 Å². The molecule has 1 atom stereocenters. The van der Waals surface area contributed by atoms with E-state index in [1.165, 1.54) is 5.56 Å². The zero-order chi connectivity index (χ0) is 16.8. The van der Waals surface area contributed by atoms with Crippen LogP contribution in [0.4, 0.5) is 11.5 Å². The second-order valence-electron chi connectivity index (χ2n) is 6.08. The number of carbonyl (C=O) groups excluding carboxylic acids is 1. The Kier molecular flexibility index (Phi) is 5.43. The van der Waals surface area contributed by atoms with E-state index in [-0.39, 0.29) is 17.9 Å². The molecule has 1 aromatic heterocycles. The Morgan fingerprint density at radius 1 is 1.17 bits per heavy atom. The van der Waals surface area contributed by atoms with Gasteiger partial charge in [0, 0.05) is 25.2 Å². The fraction of sp³-hybridized carbons (Fsp3) is 0.368. The van der Waals surface area contributed by atoms with Crippen molar-refractivity contribution in [2.45, 2.75) is 25.8 Å². The van der Waals surface area contributed by atoms with E-state index in [4.69, 9.17) is 4.74 Å². The van der Waals surface area contributed by atoms with E-state index >= 15 is 0 Å². The Bertz CT molecular complexity index is 652. The van der Waals surface area contributed by atoms with Crippen LogP contribution in [0.25, 0.3) is 0 Å². The number of hydrogen-bond acceptors (Lipinski definition) is 4. The fourth-order valence-electron chi connectivity index (χ4n) is 2.80. The van der Waals surface area contributed by atoms with Crippen LogP contribution in [-0.4, -0.2) is 24.1 Å². The largest absolute Gasteiger partial charge is 0.381 e. The van der Waals surface area contributed by atoms with Gasteiger partial charge in [-0.1, -0.05) is 30.3 Å². The maximum Gasteiger partial charge on any atom is 0.227 e. The summed E-state index contributed by atoms with van der Waals surface area (Å²) in [5.74, 6) is 0.878. The van der Waals surface area contributed by atoms with Gasteiger partial charge in [0.05, 0.1) is 11.9 Å². The smallest absolute Gasteiger partial charge is 0.227 e. The van der Waals surface area contributed by atoms with E-state index in [0.29, 0.717) is 13.2 Å². The molecule has 24 heavy (non-hydrogen) atoms. The lowest BCUT2D eigenvalue weighted by Gasteiger charge is -2.21. The molecule has 0 bridgehead atoms. The predicted octanol–water partition coefficient (Wildman–Crippen LogP) is 3.62. The summed E-state index contributed by atoms with van der Waals surface area (Å²) in [6, 6.07) is 14.2. The average Bonchev–Trinajstić information content (AvgIpc) is 2.65. The first-order valence-corrected chi connectivity index (χ1v) is 8.38. The Labute approximate surface area is 142 Å². The molecule has 5 heteroatoms. The van der Waals surface area contributed by atoms with E-state index in [9.17, 15) is 4.79 Å². The highest BCUT2D eigenvalue weighted by molar-refractivity contribution is 5.92. The van der Waals surface area contributed by atoms with Gasteiger partial charge in [0.1, 0.15) is 5.82 Å². The molecule has 0 radical (unpaired) electrons. The number of amides is 1. The number of aromatic nitrogens is 1. The lowest BCUT2D eigenvalue weighted by Crippen LogP contribution is -2.28. The highest BCUT2D eigenvalue weighted by Gasteiger charge is 2.21. The van der Waals surface area contributed by atoms with Crippen LogP contribution in [0.15, 0.2) is 48.7 Å². The van der Waals surface area contributed by atoms with Gasteiger partial charge in [0.15, 0.2) is 0 Å². The molecule has 1 saturated heterocycles. The lowest BCUT2D eigenvalue weighted by molar-refractivity contribution is -0.122. The minimum absolute atomic E-state index is 0.0367. The van der Waals surface area contributed by atoms with Crippen LogP contribution < -0.4 is 10.6 Å². The first-order valence-electron chi connectivity index (χ1n) is 8.38. The van der Waals surface area contributed by atoms with Gasteiger partial charge >= 0.3 is 0 Å². The molecule has 1 aromatic carbocycles. The summed E-state index contributed by atoms with van der Waals surface area (Å²) in [5.41, 5.74) is 1.93. The minimum Gasteiger partial charge on any atom is -0.381 e. The van der Waals surface area contributed by atoms with Gasteiger partial charge in [-0.3, -0.25) is 4.79 Å². The number of rotatable bonds is 5. The molecule has 1 aliphatic rings. The Balaban J connectivity index is 1.56. The number of hydrogen-bond donors (Lipinski definition) is 2. The summed E-state index contributed by atoms with van der Waals surface area (Å²) in [4.78, 5) is 16.6. The molecule has 2 heterocycles. The van der Waals surface area contributed by atoms with Crippen LogP contribution in [0.1, 0.15) is 31.4 Å². The molecule has 2 N–H and O–H groups in total. The van der Waals surface area contributed by atoms with Crippen LogP contribution >= 0.6 is 0 Å². The summed E-state index contributed by atoms with van der Waals surface area (Å²) in [6.45, 7) is 3.42. The van der Waals surface area contributed by atoms with Crippen LogP contribution in [0, 0.1) is 5.92 Å². The summed E-state index contributed by atoms with van der Waals surface area (Å²) < 4.78 is 5.29. The number of nitrogens with one attached hydrogen (secondary N) is 2. The zero-order valence-corrected chi connectivity index (χ0v) is 13.9. The van der Waals surface area contributed by atoms with Gasteiger partial charge in [-0.25, -0.2) is 4.98 Å². The monoisotopic (exact) mass is 325 g/mol. The second-order valence-corrected chi connectivity index (χ2v) is 6.08. The van der Waals surface area contributed by atoms with Crippen LogP contribution in [0.2, 0.25) is 0 Å². The molecular formula is C19H23N3O2. The molecule has 1 unspecified atom stereocenters. The Morgan fingerprint density at radius 2 is 1.92 bits per heavy atom. The maximum atomic E-state index is 12.2. The summed E-state index contributed by atoms with van der Waals surface area (Å²) in [7, 11) is 0. The van der Waals surface area contributed by atoms with E-state index in [1.807, 2.05) is 30.3 Å². The summed E-state index contributed by atoms with van der Waals surface area (Å²) >= 11 is 0. The zero-order valence-electron chi connectivity index (χ0n) is 13.9. The number of benzene rings is 1. The summed E-state index contributed by atoms with van der Waals surface area (Å²) in [6.07, 6.45) is 3.26. The van der Waals surface area contributed by atoms with Crippen molar-refractivity contribution in [2.75, 3.05) is 23.8 Å². The Morgan fingerprint density at radius 3 is 2.58 bits per heavy atom. The van der Waals surface area contributed by atoms with E-state index < -0.39 is 0 Å². The minimum atomic E-state index is 0.0367. The van der Waals surface area contributed by atoms with Crippen LogP contribution in [0.5, 0.6) is 0 Å². The third-order valence-corrected chi connectivity index (χ3v) is 4.29. The van der Waals surface area contributed by atoms with Crippen LogP contribution in [-0.2, 0) is 9.53 Å². The third-order valence-electron chi connectivity index (χ3n) is 4.29. The number of ether oxygens (including phenoxy) is 1. The third kappa shape index (κ3) is 4.32. The van der Waals surface area contributed by atoms with Crippen LogP contribution in [0.3, 0.4) is 0 Å². The summed E-state index contributed by atoms with van der Waals surface area (Å²) in [5, 5.41) is 6.30. The highest BCUT2D eigenvalue weighted by Crippen LogP contribution is 2.20. The van der Waals surface area contributed by atoms with Crippen molar-refractivity contribution in [1.82, 2.24) is 4.98 Å². The number of pyridine rings is 1. The molecule has 0 spiro atoms. The van der Waals surface area contributed by atoms with Gasteiger partial charge in [-0.2, -0.15) is 0 Å².